The van der Waals surface area contributed by atoms with Gasteiger partial charge in [0.15, 0.2) is 0 Å². The highest BCUT2D eigenvalue weighted by atomic mass is 32.2. The molecular formula is C5H13NO4SSi. The van der Waals surface area contributed by atoms with Crippen LogP contribution in [0.15, 0.2) is 0 Å². The van der Waals surface area contributed by atoms with Crippen molar-refractivity contribution in [3.8, 4) is 0 Å². The number of hydrogen-bond donors (Lipinski definition) is 2. The van der Waals surface area contributed by atoms with Gasteiger partial charge in [0.1, 0.15) is 0 Å². The lowest BCUT2D eigenvalue weighted by Gasteiger charge is -2.13. The maximum atomic E-state index is 10.9. The first-order valence-electron chi connectivity index (χ1n) is 3.38. The monoisotopic (exact) mass is 211 g/mol. The molecule has 0 unspecified atom stereocenters. The number of rotatable bonds is 3. The first-order valence-corrected chi connectivity index (χ1v) is 8.53. The van der Waals surface area contributed by atoms with Gasteiger partial charge in [0, 0.05) is 6.04 Å². The van der Waals surface area contributed by atoms with Crippen LogP contribution in [0.25, 0.3) is 0 Å². The molecule has 0 aliphatic rings. The molecule has 0 aromatic carbocycles. The first-order chi connectivity index (χ1) is 5.10. The molecule has 0 atom stereocenters. The smallest absolute Gasteiger partial charge is 0.274 e. The van der Waals surface area contributed by atoms with Crippen LogP contribution in [0, 0.1) is 0 Å². The van der Waals surface area contributed by atoms with Crippen molar-refractivity contribution in [1.29, 1.82) is 0 Å². The summed E-state index contributed by atoms with van der Waals surface area (Å²) in [5, 5.41) is 0. The minimum absolute atomic E-state index is 0.187. The van der Waals surface area contributed by atoms with Gasteiger partial charge < -0.3 is 0 Å². The second-order valence-corrected chi connectivity index (χ2v) is 10.4. The average molecular weight is 211 g/mol. The highest BCUT2D eigenvalue weighted by Gasteiger charge is 2.20. The molecule has 2 N–H and O–H groups in total. The topological polar surface area (TPSA) is 83.5 Å². The van der Waals surface area contributed by atoms with Crippen molar-refractivity contribution < 1.29 is 17.8 Å². The molecule has 0 aromatic rings. The lowest BCUT2D eigenvalue weighted by Crippen LogP contribution is -2.35. The van der Waals surface area contributed by atoms with Crippen LogP contribution in [0.3, 0.4) is 0 Å². The van der Waals surface area contributed by atoms with E-state index in [0.717, 1.165) is 0 Å². The number of nitrogens with one attached hydrogen (secondary N) is 1. The van der Waals surface area contributed by atoms with Gasteiger partial charge in [-0.2, -0.15) is 8.42 Å². The Balaban J connectivity index is 4.10. The molecule has 0 spiro atoms. The lowest BCUT2D eigenvalue weighted by atomic mass is 10.8. The van der Waals surface area contributed by atoms with Gasteiger partial charge in [-0.05, 0) is 0 Å². The summed E-state index contributed by atoms with van der Waals surface area (Å²) in [5.41, 5.74) is 0. The van der Waals surface area contributed by atoms with Gasteiger partial charge in [0.2, 0.25) is 5.91 Å². The van der Waals surface area contributed by atoms with Crippen molar-refractivity contribution in [2.45, 2.75) is 25.7 Å². The van der Waals surface area contributed by atoms with Gasteiger partial charge in [-0.3, -0.25) is 9.35 Å². The highest BCUT2D eigenvalue weighted by Crippen LogP contribution is 2.07. The summed E-state index contributed by atoms with van der Waals surface area (Å²) in [6.07, 6.45) is 0. The maximum absolute atomic E-state index is 10.9. The number of carbonyl (C=O) groups excluding carboxylic acids is 1. The van der Waals surface area contributed by atoms with E-state index in [4.69, 9.17) is 4.55 Å². The third kappa shape index (κ3) is 7.70. The van der Waals surface area contributed by atoms with Crippen LogP contribution in [-0.2, 0) is 15.1 Å². The van der Waals surface area contributed by atoms with E-state index >= 15 is 0 Å². The van der Waals surface area contributed by atoms with Crippen LogP contribution >= 0.6 is 0 Å². The second kappa shape index (κ2) is 3.54. The molecule has 7 heteroatoms. The maximum Gasteiger partial charge on any atom is 0.359 e. The minimum atomic E-state index is -4.37. The summed E-state index contributed by atoms with van der Waals surface area (Å²) in [5.74, 6) is -0.642. The van der Waals surface area contributed by atoms with Crippen molar-refractivity contribution in [3.63, 3.8) is 0 Å². The number of amides is 1. The summed E-state index contributed by atoms with van der Waals surface area (Å²) in [6.45, 7) is 5.78. The normalized spacial score (nSPS) is 12.7. The van der Waals surface area contributed by atoms with Crippen LogP contribution in [0.5, 0.6) is 0 Å². The standard InChI is InChI=1S/C5H13NO4SSi/c1-12(2,3)4-5(7)6-11(8,9)10/h4H2,1-3H3,(H,6,7)(H,8,9,10). The molecule has 0 aliphatic carbocycles. The summed E-state index contributed by atoms with van der Waals surface area (Å²) < 4.78 is 30.1. The summed E-state index contributed by atoms with van der Waals surface area (Å²) in [4.78, 5) is 10.9. The second-order valence-electron chi connectivity index (χ2n) is 3.74. The van der Waals surface area contributed by atoms with Crippen molar-refractivity contribution >= 4 is 24.3 Å². The molecule has 0 saturated carbocycles. The molecule has 0 heterocycles. The number of hydrogen-bond acceptors (Lipinski definition) is 3. The fourth-order valence-electron chi connectivity index (χ4n) is 0.662. The average Bonchev–Trinajstić information content (AvgIpc) is 1.49. The Kier molecular flexibility index (Phi) is 3.42. The largest absolute Gasteiger partial charge is 0.359 e. The molecule has 0 fully saturated rings. The lowest BCUT2D eigenvalue weighted by molar-refractivity contribution is -0.117. The summed E-state index contributed by atoms with van der Waals surface area (Å²) >= 11 is 0. The third-order valence-corrected chi connectivity index (χ3v) is 2.80. The molecule has 0 radical (unpaired) electrons. The van der Waals surface area contributed by atoms with E-state index < -0.39 is 24.3 Å². The van der Waals surface area contributed by atoms with E-state index in [1.54, 1.807) is 0 Å². The van der Waals surface area contributed by atoms with Gasteiger partial charge >= 0.3 is 10.3 Å². The molecule has 0 rings (SSSR count). The van der Waals surface area contributed by atoms with Gasteiger partial charge in [-0.15, -0.1) is 0 Å². The van der Waals surface area contributed by atoms with Gasteiger partial charge in [0.05, 0.1) is 8.07 Å². The molecule has 5 nitrogen and oxygen atoms in total. The quantitative estimate of drug-likeness (QED) is 0.517. The molecule has 12 heavy (non-hydrogen) atoms. The van der Waals surface area contributed by atoms with Crippen LogP contribution in [0.4, 0.5) is 0 Å². The van der Waals surface area contributed by atoms with Gasteiger partial charge in [-0.1, -0.05) is 19.6 Å². The van der Waals surface area contributed by atoms with Crippen LogP contribution in [-0.4, -0.2) is 27.0 Å². The summed E-state index contributed by atoms with van der Waals surface area (Å²) in [6, 6.07) is 0.187. The predicted molar refractivity (Wildman–Crippen MR) is 47.8 cm³/mol. The van der Waals surface area contributed by atoms with Crippen molar-refractivity contribution in [3.05, 3.63) is 0 Å². The molecular weight excluding hydrogens is 198 g/mol. The molecule has 0 bridgehead atoms. The highest BCUT2D eigenvalue weighted by molar-refractivity contribution is 7.84. The van der Waals surface area contributed by atoms with Gasteiger partial charge in [0.25, 0.3) is 0 Å². The van der Waals surface area contributed by atoms with E-state index in [0.29, 0.717) is 0 Å². The fraction of sp³-hybridized carbons (Fsp3) is 0.800. The molecule has 0 aromatic heterocycles. The van der Waals surface area contributed by atoms with Crippen molar-refractivity contribution in [2.75, 3.05) is 0 Å². The Morgan fingerprint density at radius 2 is 1.83 bits per heavy atom. The van der Waals surface area contributed by atoms with Crippen molar-refractivity contribution in [1.82, 2.24) is 4.72 Å². The predicted octanol–water partition coefficient (Wildman–Crippen LogP) is 0.244. The summed E-state index contributed by atoms with van der Waals surface area (Å²) in [7, 11) is -5.98. The Bertz CT molecular complexity index is 266. The van der Waals surface area contributed by atoms with Crippen LogP contribution < -0.4 is 4.72 Å². The molecule has 72 valence electrons. The minimum Gasteiger partial charge on any atom is -0.274 e. The Morgan fingerprint density at radius 1 is 1.42 bits per heavy atom. The zero-order chi connectivity index (χ0) is 9.99. The Morgan fingerprint density at radius 3 is 2.08 bits per heavy atom. The van der Waals surface area contributed by atoms with Crippen LogP contribution in [0.1, 0.15) is 0 Å². The van der Waals surface area contributed by atoms with Crippen LogP contribution in [0.2, 0.25) is 25.7 Å². The van der Waals surface area contributed by atoms with E-state index in [9.17, 15) is 13.2 Å². The Hall–Kier alpha value is -0.403. The van der Waals surface area contributed by atoms with E-state index in [-0.39, 0.29) is 6.04 Å². The van der Waals surface area contributed by atoms with Gasteiger partial charge in [-0.25, -0.2) is 4.72 Å². The van der Waals surface area contributed by atoms with E-state index in [1.165, 1.54) is 4.72 Å². The van der Waals surface area contributed by atoms with E-state index in [1.807, 2.05) is 19.6 Å². The zero-order valence-electron chi connectivity index (χ0n) is 7.29. The Labute approximate surface area is 73.1 Å². The van der Waals surface area contributed by atoms with Crippen molar-refractivity contribution in [2.24, 2.45) is 0 Å². The zero-order valence-corrected chi connectivity index (χ0v) is 9.10. The third-order valence-electron chi connectivity index (χ3n) is 0.934. The molecule has 0 saturated heterocycles. The molecule has 1 amide bonds. The number of carbonyl (C=O) groups is 1. The molecule has 0 aliphatic heterocycles. The SMILES string of the molecule is C[Si](C)(C)CC(=O)NS(=O)(=O)O. The fourth-order valence-corrected chi connectivity index (χ4v) is 2.20. The van der Waals surface area contributed by atoms with E-state index in [2.05, 4.69) is 0 Å². The first kappa shape index (κ1) is 11.6.